The highest BCUT2D eigenvalue weighted by molar-refractivity contribution is 7.26. The van der Waals surface area contributed by atoms with Crippen LogP contribution in [-0.4, -0.2) is 0 Å². The lowest BCUT2D eigenvalue weighted by atomic mass is 9.98. The fourth-order valence-corrected chi connectivity index (χ4v) is 8.53. The first kappa shape index (κ1) is 26.3. The molecule has 0 spiro atoms. The topological polar surface area (TPSA) is 16.4 Å². The summed E-state index contributed by atoms with van der Waals surface area (Å²) in [4.78, 5) is 2.34. The molecular formula is C44H27NOS. The molecule has 3 heteroatoms. The summed E-state index contributed by atoms with van der Waals surface area (Å²) in [6.07, 6.45) is 0. The van der Waals surface area contributed by atoms with E-state index in [0.717, 1.165) is 33.8 Å². The van der Waals surface area contributed by atoms with Crippen molar-refractivity contribution in [3.05, 3.63) is 164 Å². The van der Waals surface area contributed by atoms with Gasteiger partial charge in [-0.1, -0.05) is 103 Å². The molecule has 2 nitrogen and oxygen atoms in total. The minimum atomic E-state index is 0.918. The average molecular weight is 618 g/mol. The molecule has 0 radical (unpaired) electrons. The minimum absolute atomic E-state index is 0.918. The number of benzene rings is 8. The van der Waals surface area contributed by atoms with Crippen molar-refractivity contribution in [1.82, 2.24) is 0 Å². The van der Waals surface area contributed by atoms with Crippen LogP contribution >= 0.6 is 11.3 Å². The van der Waals surface area contributed by atoms with Gasteiger partial charge in [0.15, 0.2) is 0 Å². The first-order valence-corrected chi connectivity index (χ1v) is 16.7. The van der Waals surface area contributed by atoms with Crippen LogP contribution in [0.1, 0.15) is 0 Å². The maximum atomic E-state index is 6.46. The number of thiophene rings is 1. The van der Waals surface area contributed by atoms with Crippen molar-refractivity contribution in [3.63, 3.8) is 0 Å². The Kier molecular flexibility index (Phi) is 5.78. The molecule has 0 aliphatic carbocycles. The predicted octanol–water partition coefficient (Wildman–Crippen LogP) is 13.4. The Morgan fingerprint density at radius 1 is 0.426 bits per heavy atom. The summed E-state index contributed by atoms with van der Waals surface area (Å²) in [5, 5.41) is 9.99. The first-order valence-electron chi connectivity index (χ1n) is 15.9. The van der Waals surface area contributed by atoms with Crippen molar-refractivity contribution < 1.29 is 4.42 Å². The SMILES string of the molecule is c1ccc(N(c2ccc(-c3cccc4oc5ccc6c7ccccc7sc6c5c34)cc2)c2ccc3c(ccc4ccccc43)c2)cc1. The lowest BCUT2D eigenvalue weighted by Gasteiger charge is -2.26. The number of anilines is 3. The van der Waals surface area contributed by atoms with Gasteiger partial charge in [0, 0.05) is 48.0 Å². The summed E-state index contributed by atoms with van der Waals surface area (Å²) in [6.45, 7) is 0. The first-order chi connectivity index (χ1) is 23.3. The van der Waals surface area contributed by atoms with Crippen molar-refractivity contribution >= 4 is 92.1 Å². The second-order valence-corrected chi connectivity index (χ2v) is 13.2. The zero-order valence-electron chi connectivity index (χ0n) is 25.4. The zero-order valence-corrected chi connectivity index (χ0v) is 26.2. The Morgan fingerprint density at radius 2 is 1.11 bits per heavy atom. The van der Waals surface area contributed by atoms with E-state index in [4.69, 9.17) is 4.42 Å². The van der Waals surface area contributed by atoms with Gasteiger partial charge in [0.1, 0.15) is 11.2 Å². The Bertz CT molecular complexity index is 2790. The second-order valence-electron chi connectivity index (χ2n) is 12.1. The third-order valence-electron chi connectivity index (χ3n) is 9.44. The van der Waals surface area contributed by atoms with Gasteiger partial charge in [-0.3, -0.25) is 0 Å². The van der Waals surface area contributed by atoms with E-state index in [0.29, 0.717) is 0 Å². The van der Waals surface area contributed by atoms with Gasteiger partial charge in [-0.15, -0.1) is 11.3 Å². The lowest BCUT2D eigenvalue weighted by molar-refractivity contribution is 0.669. The molecule has 0 saturated heterocycles. The van der Waals surface area contributed by atoms with Crippen LogP contribution in [0.3, 0.4) is 0 Å². The molecule has 10 rings (SSSR count). The summed E-state index contributed by atoms with van der Waals surface area (Å²) < 4.78 is 9.04. The molecule has 0 amide bonds. The largest absolute Gasteiger partial charge is 0.456 e. The van der Waals surface area contributed by atoms with Crippen molar-refractivity contribution in [2.45, 2.75) is 0 Å². The van der Waals surface area contributed by atoms with Crippen LogP contribution in [-0.2, 0) is 0 Å². The van der Waals surface area contributed by atoms with Crippen LogP contribution in [0.15, 0.2) is 168 Å². The molecule has 47 heavy (non-hydrogen) atoms. The van der Waals surface area contributed by atoms with E-state index in [2.05, 4.69) is 169 Å². The van der Waals surface area contributed by atoms with Gasteiger partial charge in [0.05, 0.1) is 0 Å². The molecule has 0 fully saturated rings. The van der Waals surface area contributed by atoms with Gasteiger partial charge >= 0.3 is 0 Å². The number of nitrogens with zero attached hydrogens (tertiary/aromatic N) is 1. The van der Waals surface area contributed by atoms with Crippen LogP contribution in [0.4, 0.5) is 17.1 Å². The molecular weight excluding hydrogens is 591 g/mol. The molecule has 220 valence electrons. The van der Waals surface area contributed by atoms with E-state index in [9.17, 15) is 0 Å². The summed E-state index contributed by atoms with van der Waals surface area (Å²) in [5.41, 5.74) is 7.55. The Labute approximate surface area is 275 Å². The maximum Gasteiger partial charge on any atom is 0.136 e. The fraction of sp³-hybridized carbons (Fsp3) is 0. The number of hydrogen-bond donors (Lipinski definition) is 0. The monoisotopic (exact) mass is 617 g/mol. The highest BCUT2D eigenvalue weighted by Gasteiger charge is 2.19. The van der Waals surface area contributed by atoms with Crippen LogP contribution in [0, 0.1) is 0 Å². The van der Waals surface area contributed by atoms with E-state index >= 15 is 0 Å². The molecule has 0 bridgehead atoms. The number of fused-ring (bicyclic) bond motifs is 10. The average Bonchev–Trinajstić information content (AvgIpc) is 3.71. The number of rotatable bonds is 4. The van der Waals surface area contributed by atoms with E-state index in [-0.39, 0.29) is 0 Å². The number of furan rings is 1. The van der Waals surface area contributed by atoms with Gasteiger partial charge in [-0.25, -0.2) is 0 Å². The summed E-state index contributed by atoms with van der Waals surface area (Å²) in [6, 6.07) is 58.9. The standard InChI is InChI=1S/C44H27NOS/c1-2-10-31(11-3-1)45(33-23-24-35-30(27-33)18-17-28-9-4-5-12-34(28)35)32-21-19-29(20-22-32)36-14-8-15-39-42(36)43-40(46-39)26-25-38-37-13-6-7-16-41(37)47-44(38)43/h1-27H. The predicted molar refractivity (Wildman–Crippen MR) is 202 cm³/mol. The van der Waals surface area contributed by atoms with Gasteiger partial charge in [-0.05, 0) is 93.3 Å². The van der Waals surface area contributed by atoms with Crippen LogP contribution in [0.2, 0.25) is 0 Å². The second kappa shape index (κ2) is 10.3. The molecule has 10 aromatic rings. The van der Waals surface area contributed by atoms with E-state index in [1.807, 2.05) is 11.3 Å². The minimum Gasteiger partial charge on any atom is -0.456 e. The molecule has 0 aliphatic heterocycles. The number of hydrogen-bond acceptors (Lipinski definition) is 3. The zero-order chi connectivity index (χ0) is 30.9. The molecule has 0 atom stereocenters. The van der Waals surface area contributed by atoms with Crippen molar-refractivity contribution in [3.8, 4) is 11.1 Å². The van der Waals surface area contributed by atoms with Gasteiger partial charge in [0.2, 0.25) is 0 Å². The van der Waals surface area contributed by atoms with Gasteiger partial charge in [-0.2, -0.15) is 0 Å². The van der Waals surface area contributed by atoms with Crippen molar-refractivity contribution in [1.29, 1.82) is 0 Å². The highest BCUT2D eigenvalue weighted by Crippen LogP contribution is 2.45. The summed E-state index contributed by atoms with van der Waals surface area (Å²) >= 11 is 1.85. The number of para-hydroxylation sites is 1. The van der Waals surface area contributed by atoms with E-state index in [1.54, 1.807) is 0 Å². The molecule has 0 aliphatic rings. The third-order valence-corrected chi connectivity index (χ3v) is 10.6. The lowest BCUT2D eigenvalue weighted by Crippen LogP contribution is -2.09. The van der Waals surface area contributed by atoms with E-state index in [1.165, 1.54) is 58.1 Å². The summed E-state index contributed by atoms with van der Waals surface area (Å²) in [5.74, 6) is 0. The Hall–Kier alpha value is -5.90. The van der Waals surface area contributed by atoms with Crippen LogP contribution < -0.4 is 4.90 Å². The van der Waals surface area contributed by atoms with Crippen molar-refractivity contribution in [2.24, 2.45) is 0 Å². The smallest absolute Gasteiger partial charge is 0.136 e. The molecule has 2 heterocycles. The van der Waals surface area contributed by atoms with E-state index < -0.39 is 0 Å². The van der Waals surface area contributed by atoms with Gasteiger partial charge < -0.3 is 9.32 Å². The Morgan fingerprint density at radius 3 is 2.00 bits per heavy atom. The third kappa shape index (κ3) is 4.10. The molecule has 8 aromatic carbocycles. The molecule has 0 unspecified atom stereocenters. The van der Waals surface area contributed by atoms with Crippen LogP contribution in [0.25, 0.3) is 74.8 Å². The summed E-state index contributed by atoms with van der Waals surface area (Å²) in [7, 11) is 0. The quantitative estimate of drug-likeness (QED) is 0.183. The molecule has 2 aromatic heterocycles. The fourth-order valence-electron chi connectivity index (χ4n) is 7.28. The van der Waals surface area contributed by atoms with Crippen LogP contribution in [0.5, 0.6) is 0 Å². The molecule has 0 saturated carbocycles. The highest BCUT2D eigenvalue weighted by atomic mass is 32.1. The maximum absolute atomic E-state index is 6.46. The van der Waals surface area contributed by atoms with Gasteiger partial charge in [0.25, 0.3) is 0 Å². The molecule has 0 N–H and O–H groups in total. The normalized spacial score (nSPS) is 11.8. The Balaban J connectivity index is 1.13. The van der Waals surface area contributed by atoms with Crippen molar-refractivity contribution in [2.75, 3.05) is 4.90 Å².